The Morgan fingerprint density at radius 2 is 1.00 bits per heavy atom. The van der Waals surface area contributed by atoms with Crippen LogP contribution in [0.5, 0.6) is 0 Å². The van der Waals surface area contributed by atoms with E-state index in [-0.39, 0.29) is 0 Å². The van der Waals surface area contributed by atoms with Gasteiger partial charge in [-0.25, -0.2) is 0 Å². The van der Waals surface area contributed by atoms with Crippen LogP contribution in [0.3, 0.4) is 0 Å². The summed E-state index contributed by atoms with van der Waals surface area (Å²) in [5.41, 5.74) is 13.7. The lowest BCUT2D eigenvalue weighted by molar-refractivity contribution is 1.26. The van der Waals surface area contributed by atoms with Gasteiger partial charge in [0.2, 0.25) is 0 Å². The molecule has 0 radical (unpaired) electrons. The molecule has 166 valence electrons. The second-order valence-electron chi connectivity index (χ2n) is 9.81. The van der Waals surface area contributed by atoms with Crippen LogP contribution in [0.1, 0.15) is 22.3 Å². The third kappa shape index (κ3) is 3.00. The van der Waals surface area contributed by atoms with Crippen LogP contribution < -0.4 is 0 Å². The fourth-order valence-electron chi connectivity index (χ4n) is 6.16. The van der Waals surface area contributed by atoms with Crippen LogP contribution in [0.15, 0.2) is 109 Å². The van der Waals surface area contributed by atoms with E-state index in [1.807, 2.05) is 0 Å². The highest BCUT2D eigenvalue weighted by atomic mass is 14.3. The van der Waals surface area contributed by atoms with Gasteiger partial charge in [0, 0.05) is 0 Å². The first-order valence-electron chi connectivity index (χ1n) is 12.4. The maximum absolute atomic E-state index is 2.38. The second kappa shape index (κ2) is 7.68. The van der Waals surface area contributed by atoms with Crippen molar-refractivity contribution in [3.05, 3.63) is 131 Å². The normalized spacial score (nSPS) is 12.2. The molecule has 6 aromatic rings. The van der Waals surface area contributed by atoms with E-state index in [0.29, 0.717) is 0 Å². The lowest BCUT2D eigenvalue weighted by Crippen LogP contribution is -1.98. The van der Waals surface area contributed by atoms with Gasteiger partial charge in [0.25, 0.3) is 0 Å². The molecule has 35 heavy (non-hydrogen) atoms. The Morgan fingerprint density at radius 3 is 1.74 bits per heavy atom. The van der Waals surface area contributed by atoms with E-state index in [2.05, 4.69) is 123 Å². The lowest BCUT2D eigenvalue weighted by atomic mass is 9.82. The number of fused-ring (bicyclic) bond motifs is 5. The summed E-state index contributed by atoms with van der Waals surface area (Å²) in [6, 6.07) is 40.4. The van der Waals surface area contributed by atoms with Crippen LogP contribution >= 0.6 is 0 Å². The molecule has 0 saturated carbocycles. The molecule has 0 saturated heterocycles. The second-order valence-corrected chi connectivity index (χ2v) is 9.81. The Morgan fingerprint density at radius 1 is 0.429 bits per heavy atom. The zero-order chi connectivity index (χ0) is 23.5. The average Bonchev–Trinajstić information content (AvgIpc) is 3.27. The summed E-state index contributed by atoms with van der Waals surface area (Å²) in [7, 11) is 0. The fraction of sp³-hybridized carbons (Fsp3) is 0.0857. The summed E-state index contributed by atoms with van der Waals surface area (Å²) in [4.78, 5) is 0. The van der Waals surface area contributed by atoms with Crippen LogP contribution in [-0.2, 0) is 6.42 Å². The van der Waals surface area contributed by atoms with Gasteiger partial charge in [0.05, 0.1) is 0 Å². The minimum Gasteiger partial charge on any atom is -0.0619 e. The Bertz CT molecular complexity index is 1780. The van der Waals surface area contributed by atoms with Crippen molar-refractivity contribution >= 4 is 21.5 Å². The first kappa shape index (κ1) is 20.2. The minimum absolute atomic E-state index is 0.973. The molecule has 1 aliphatic carbocycles. The molecule has 0 nitrogen and oxygen atoms in total. The first-order chi connectivity index (χ1) is 17.2. The molecule has 1 aliphatic rings. The quantitative estimate of drug-likeness (QED) is 0.248. The molecule has 0 unspecified atom stereocenters. The van der Waals surface area contributed by atoms with Crippen LogP contribution in [0, 0.1) is 13.8 Å². The summed E-state index contributed by atoms with van der Waals surface area (Å²) in [6.07, 6.45) is 0.973. The van der Waals surface area contributed by atoms with Crippen molar-refractivity contribution in [3.8, 4) is 33.4 Å². The lowest BCUT2D eigenvalue weighted by Gasteiger charge is -2.21. The molecular formula is C35H26. The summed E-state index contributed by atoms with van der Waals surface area (Å²) < 4.78 is 0. The topological polar surface area (TPSA) is 0 Å². The summed E-state index contributed by atoms with van der Waals surface area (Å²) in [5.74, 6) is 0. The molecule has 6 aromatic carbocycles. The molecule has 0 atom stereocenters. The number of hydrogen-bond acceptors (Lipinski definition) is 0. The maximum Gasteiger partial charge on any atom is -0.000706 e. The number of benzene rings is 6. The fourth-order valence-corrected chi connectivity index (χ4v) is 6.16. The van der Waals surface area contributed by atoms with Gasteiger partial charge in [-0.05, 0) is 97.4 Å². The predicted octanol–water partition coefficient (Wildman–Crippen LogP) is 9.52. The minimum atomic E-state index is 0.973. The van der Waals surface area contributed by atoms with E-state index in [4.69, 9.17) is 0 Å². The molecule has 0 amide bonds. The van der Waals surface area contributed by atoms with Gasteiger partial charge >= 0.3 is 0 Å². The predicted molar refractivity (Wildman–Crippen MR) is 150 cm³/mol. The molecule has 0 spiro atoms. The Balaban J connectivity index is 1.66. The van der Waals surface area contributed by atoms with E-state index in [1.165, 1.54) is 77.2 Å². The van der Waals surface area contributed by atoms with Crippen molar-refractivity contribution in [2.24, 2.45) is 0 Å². The first-order valence-corrected chi connectivity index (χ1v) is 12.4. The third-order valence-electron chi connectivity index (χ3n) is 7.78. The molecule has 0 aromatic heterocycles. The monoisotopic (exact) mass is 446 g/mol. The number of aryl methyl sites for hydroxylation is 2. The molecule has 0 aliphatic heterocycles. The number of rotatable bonds is 2. The summed E-state index contributed by atoms with van der Waals surface area (Å²) >= 11 is 0. The zero-order valence-corrected chi connectivity index (χ0v) is 20.1. The Kier molecular flexibility index (Phi) is 4.44. The van der Waals surface area contributed by atoms with Crippen LogP contribution in [0.25, 0.3) is 54.9 Å². The van der Waals surface area contributed by atoms with Gasteiger partial charge in [0.15, 0.2) is 0 Å². The highest BCUT2D eigenvalue weighted by Crippen LogP contribution is 2.49. The summed E-state index contributed by atoms with van der Waals surface area (Å²) in [5, 5.41) is 5.23. The highest BCUT2D eigenvalue weighted by molar-refractivity contribution is 6.09. The van der Waals surface area contributed by atoms with Crippen molar-refractivity contribution in [3.63, 3.8) is 0 Å². The van der Waals surface area contributed by atoms with E-state index in [9.17, 15) is 0 Å². The smallest absolute Gasteiger partial charge is 0.000706 e. The molecule has 0 fully saturated rings. The van der Waals surface area contributed by atoms with E-state index >= 15 is 0 Å². The van der Waals surface area contributed by atoms with Gasteiger partial charge < -0.3 is 0 Å². The molecule has 7 rings (SSSR count). The standard InChI is InChI=1S/C35H26/c1-22-15-17-24-9-3-7-13-28(24)33(22)31-20-19-30-27-12-6-5-11-26(27)21-32(30)35(31)34-23(2)16-18-25-10-4-8-14-29(25)34/h3-20H,21H2,1-2H3. The van der Waals surface area contributed by atoms with E-state index in [1.54, 1.807) is 0 Å². The van der Waals surface area contributed by atoms with Crippen molar-refractivity contribution in [1.82, 2.24) is 0 Å². The third-order valence-corrected chi connectivity index (χ3v) is 7.78. The van der Waals surface area contributed by atoms with Crippen molar-refractivity contribution in [1.29, 1.82) is 0 Å². The van der Waals surface area contributed by atoms with Crippen molar-refractivity contribution < 1.29 is 0 Å². The Labute approximate surface area is 206 Å². The molecule has 0 bridgehead atoms. The number of hydrogen-bond donors (Lipinski definition) is 0. The van der Waals surface area contributed by atoms with Gasteiger partial charge in [-0.2, -0.15) is 0 Å². The molecule has 0 heteroatoms. The SMILES string of the molecule is Cc1ccc2ccccc2c1-c1ccc2c(c1-c1c(C)ccc3ccccc13)Cc1ccccc1-2. The largest absolute Gasteiger partial charge is 0.0619 e. The molecular weight excluding hydrogens is 420 g/mol. The van der Waals surface area contributed by atoms with Gasteiger partial charge in [0.1, 0.15) is 0 Å². The van der Waals surface area contributed by atoms with E-state index < -0.39 is 0 Å². The van der Waals surface area contributed by atoms with Crippen LogP contribution in [-0.4, -0.2) is 0 Å². The molecule has 0 N–H and O–H groups in total. The van der Waals surface area contributed by atoms with Gasteiger partial charge in [-0.1, -0.05) is 109 Å². The van der Waals surface area contributed by atoms with Gasteiger partial charge in [-0.15, -0.1) is 0 Å². The van der Waals surface area contributed by atoms with Crippen molar-refractivity contribution in [2.75, 3.05) is 0 Å². The zero-order valence-electron chi connectivity index (χ0n) is 20.1. The molecule has 0 heterocycles. The highest BCUT2D eigenvalue weighted by Gasteiger charge is 2.26. The van der Waals surface area contributed by atoms with Crippen LogP contribution in [0.4, 0.5) is 0 Å². The average molecular weight is 447 g/mol. The van der Waals surface area contributed by atoms with E-state index in [0.717, 1.165) is 6.42 Å². The van der Waals surface area contributed by atoms with Crippen LogP contribution in [0.2, 0.25) is 0 Å². The van der Waals surface area contributed by atoms with Gasteiger partial charge in [-0.3, -0.25) is 0 Å². The summed E-state index contributed by atoms with van der Waals surface area (Å²) in [6.45, 7) is 4.52. The van der Waals surface area contributed by atoms with Crippen molar-refractivity contribution in [2.45, 2.75) is 20.3 Å². The Hall–Kier alpha value is -4.16. The maximum atomic E-state index is 2.38.